The first-order valence-corrected chi connectivity index (χ1v) is 6.75. The molecular formula is C15H14N2O5. The first-order chi connectivity index (χ1) is 10.6. The van der Waals surface area contributed by atoms with Gasteiger partial charge in [0.15, 0.2) is 18.0 Å². The van der Waals surface area contributed by atoms with Crippen molar-refractivity contribution < 1.29 is 18.5 Å². The van der Waals surface area contributed by atoms with Crippen molar-refractivity contribution in [3.8, 4) is 0 Å². The maximum atomic E-state index is 12.1. The second-order valence-corrected chi connectivity index (χ2v) is 4.92. The van der Waals surface area contributed by atoms with Gasteiger partial charge in [0.05, 0.1) is 11.2 Å². The highest BCUT2D eigenvalue weighted by atomic mass is 16.6. The number of aromatic nitrogens is 2. The summed E-state index contributed by atoms with van der Waals surface area (Å²) < 4.78 is 16.5. The number of hydrogen-bond acceptors (Lipinski definition) is 6. The summed E-state index contributed by atoms with van der Waals surface area (Å²) in [5.41, 5.74) is 1.68. The van der Waals surface area contributed by atoms with Crippen molar-refractivity contribution in [3.63, 3.8) is 0 Å². The minimum Gasteiger partial charge on any atom is -0.456 e. The molecule has 22 heavy (non-hydrogen) atoms. The van der Waals surface area contributed by atoms with Crippen LogP contribution in [0, 0.1) is 6.92 Å². The summed E-state index contributed by atoms with van der Waals surface area (Å²) in [4.78, 5) is 24.1. The fraction of sp³-hybridized carbons (Fsp3) is 0.267. The lowest BCUT2D eigenvalue weighted by Crippen LogP contribution is -2.26. The Morgan fingerprint density at radius 1 is 1.41 bits per heavy atom. The van der Waals surface area contributed by atoms with Gasteiger partial charge in [0.1, 0.15) is 6.04 Å². The van der Waals surface area contributed by atoms with E-state index in [1.807, 2.05) is 0 Å². The summed E-state index contributed by atoms with van der Waals surface area (Å²) in [7, 11) is 0. The van der Waals surface area contributed by atoms with Gasteiger partial charge in [0.25, 0.3) is 0 Å². The van der Waals surface area contributed by atoms with Gasteiger partial charge >= 0.3 is 11.7 Å². The molecule has 0 N–H and O–H groups in total. The molecule has 114 valence electrons. The quantitative estimate of drug-likeness (QED) is 0.686. The van der Waals surface area contributed by atoms with E-state index >= 15 is 0 Å². The van der Waals surface area contributed by atoms with Crippen molar-refractivity contribution >= 4 is 17.1 Å². The first-order valence-electron chi connectivity index (χ1n) is 6.75. The highest BCUT2D eigenvalue weighted by molar-refractivity contribution is 5.79. The van der Waals surface area contributed by atoms with Gasteiger partial charge in [-0.15, -0.1) is 0 Å². The van der Waals surface area contributed by atoms with Crippen LogP contribution in [-0.4, -0.2) is 15.7 Å². The minimum atomic E-state index is -0.805. The Morgan fingerprint density at radius 3 is 2.91 bits per heavy atom. The van der Waals surface area contributed by atoms with Gasteiger partial charge in [-0.1, -0.05) is 17.3 Å². The van der Waals surface area contributed by atoms with E-state index in [0.29, 0.717) is 22.6 Å². The van der Waals surface area contributed by atoms with Crippen LogP contribution in [0.4, 0.5) is 0 Å². The molecule has 0 radical (unpaired) electrons. The predicted octanol–water partition coefficient (Wildman–Crippen LogP) is 2.20. The zero-order valence-corrected chi connectivity index (χ0v) is 12.1. The largest absolute Gasteiger partial charge is 0.456 e. The molecule has 0 bridgehead atoms. The SMILES string of the molecule is Cc1cc(COC(=O)C(C)n2c(=O)oc3ccccc32)on1. The lowest BCUT2D eigenvalue weighted by Gasteiger charge is -2.11. The number of hydrogen-bond donors (Lipinski definition) is 0. The van der Waals surface area contributed by atoms with E-state index < -0.39 is 17.8 Å². The van der Waals surface area contributed by atoms with Crippen LogP contribution in [0.1, 0.15) is 24.4 Å². The average molecular weight is 302 g/mol. The van der Waals surface area contributed by atoms with Gasteiger partial charge in [-0.05, 0) is 26.0 Å². The number of rotatable bonds is 4. The van der Waals surface area contributed by atoms with E-state index in [4.69, 9.17) is 13.7 Å². The van der Waals surface area contributed by atoms with E-state index in [0.717, 1.165) is 0 Å². The molecule has 3 aromatic rings. The Balaban J connectivity index is 1.80. The van der Waals surface area contributed by atoms with Gasteiger partial charge in [-0.2, -0.15) is 0 Å². The van der Waals surface area contributed by atoms with Crippen molar-refractivity contribution in [2.75, 3.05) is 0 Å². The molecule has 1 aromatic carbocycles. The molecule has 0 saturated carbocycles. The summed E-state index contributed by atoms with van der Waals surface area (Å²) in [6, 6.07) is 7.78. The zero-order chi connectivity index (χ0) is 15.7. The molecular weight excluding hydrogens is 288 g/mol. The van der Waals surface area contributed by atoms with Crippen LogP contribution in [0.15, 0.2) is 44.1 Å². The third-order valence-corrected chi connectivity index (χ3v) is 3.28. The normalized spacial score (nSPS) is 12.5. The summed E-state index contributed by atoms with van der Waals surface area (Å²) in [6.45, 7) is 3.32. The molecule has 0 saturated heterocycles. The highest BCUT2D eigenvalue weighted by Crippen LogP contribution is 2.18. The second-order valence-electron chi connectivity index (χ2n) is 4.92. The Kier molecular flexibility index (Phi) is 3.54. The van der Waals surface area contributed by atoms with Gasteiger partial charge in [0, 0.05) is 6.07 Å². The van der Waals surface area contributed by atoms with E-state index in [9.17, 15) is 9.59 Å². The highest BCUT2D eigenvalue weighted by Gasteiger charge is 2.22. The van der Waals surface area contributed by atoms with Crippen LogP contribution in [-0.2, 0) is 16.1 Å². The van der Waals surface area contributed by atoms with Crippen LogP contribution in [0.2, 0.25) is 0 Å². The van der Waals surface area contributed by atoms with Crippen LogP contribution in [0.3, 0.4) is 0 Å². The van der Waals surface area contributed by atoms with Crippen LogP contribution >= 0.6 is 0 Å². The molecule has 1 unspecified atom stereocenters. The average Bonchev–Trinajstić information content (AvgIpc) is 3.06. The lowest BCUT2D eigenvalue weighted by atomic mass is 10.3. The number of aryl methyl sites for hydroxylation is 1. The Morgan fingerprint density at radius 2 is 2.18 bits per heavy atom. The first kappa shape index (κ1) is 14.1. The Bertz CT molecular complexity index is 873. The number of oxazole rings is 1. The predicted molar refractivity (Wildman–Crippen MR) is 76.2 cm³/mol. The summed E-state index contributed by atoms with van der Waals surface area (Å²) >= 11 is 0. The molecule has 0 spiro atoms. The van der Waals surface area contributed by atoms with Gasteiger partial charge < -0.3 is 13.7 Å². The fourth-order valence-electron chi connectivity index (χ4n) is 2.20. The van der Waals surface area contributed by atoms with Crippen LogP contribution < -0.4 is 5.76 Å². The number of para-hydroxylation sites is 2. The number of ether oxygens (including phenoxy) is 1. The monoisotopic (exact) mass is 302 g/mol. The summed E-state index contributed by atoms with van der Waals surface area (Å²) in [5.74, 6) is -0.702. The third kappa shape index (κ3) is 2.52. The van der Waals surface area contributed by atoms with Crippen molar-refractivity contribution in [2.24, 2.45) is 0 Å². The zero-order valence-electron chi connectivity index (χ0n) is 12.1. The maximum Gasteiger partial charge on any atom is 0.420 e. The molecule has 7 nitrogen and oxygen atoms in total. The summed E-state index contributed by atoms with van der Waals surface area (Å²) in [6.07, 6.45) is 0. The second kappa shape index (κ2) is 5.51. The fourth-order valence-corrected chi connectivity index (χ4v) is 2.20. The van der Waals surface area contributed by atoms with Crippen molar-refractivity contribution in [3.05, 3.63) is 52.3 Å². The van der Waals surface area contributed by atoms with Gasteiger partial charge in [0.2, 0.25) is 0 Å². The van der Waals surface area contributed by atoms with Crippen LogP contribution in [0.25, 0.3) is 11.1 Å². The molecule has 0 fully saturated rings. The number of carbonyl (C=O) groups is 1. The molecule has 0 amide bonds. The number of benzene rings is 1. The maximum absolute atomic E-state index is 12.1. The molecule has 2 heterocycles. The molecule has 0 aliphatic heterocycles. The lowest BCUT2D eigenvalue weighted by molar-refractivity contribution is -0.149. The number of nitrogens with zero attached hydrogens (tertiary/aromatic N) is 2. The van der Waals surface area contributed by atoms with E-state index in [2.05, 4.69) is 5.16 Å². The van der Waals surface area contributed by atoms with Crippen molar-refractivity contribution in [1.29, 1.82) is 0 Å². The van der Waals surface area contributed by atoms with E-state index in [-0.39, 0.29) is 6.61 Å². The van der Waals surface area contributed by atoms with Crippen molar-refractivity contribution in [2.45, 2.75) is 26.5 Å². The minimum absolute atomic E-state index is 0.0332. The molecule has 0 aliphatic rings. The number of esters is 1. The smallest absolute Gasteiger partial charge is 0.420 e. The number of carbonyl (C=O) groups excluding carboxylic acids is 1. The Hall–Kier alpha value is -2.83. The summed E-state index contributed by atoms with van der Waals surface area (Å²) in [5, 5.41) is 3.71. The van der Waals surface area contributed by atoms with Crippen LogP contribution in [0.5, 0.6) is 0 Å². The standard InChI is InChI=1S/C15H14N2O5/c1-9-7-11(22-16-9)8-20-14(18)10(2)17-12-5-3-4-6-13(12)21-15(17)19/h3-7,10H,8H2,1-2H3. The number of fused-ring (bicyclic) bond motifs is 1. The third-order valence-electron chi connectivity index (χ3n) is 3.28. The van der Waals surface area contributed by atoms with Crippen molar-refractivity contribution in [1.82, 2.24) is 9.72 Å². The Labute approximate surface area is 125 Å². The molecule has 1 atom stereocenters. The van der Waals surface area contributed by atoms with Gasteiger partial charge in [-0.25, -0.2) is 9.59 Å². The topological polar surface area (TPSA) is 87.5 Å². The molecule has 7 heteroatoms. The van der Waals surface area contributed by atoms with E-state index in [1.165, 1.54) is 4.57 Å². The van der Waals surface area contributed by atoms with E-state index in [1.54, 1.807) is 44.2 Å². The molecule has 0 aliphatic carbocycles. The molecule has 2 aromatic heterocycles. The van der Waals surface area contributed by atoms with Gasteiger partial charge in [-0.3, -0.25) is 4.57 Å². The molecule has 3 rings (SSSR count).